The lowest BCUT2D eigenvalue weighted by Gasteiger charge is -2.39. The van der Waals surface area contributed by atoms with Crippen LogP contribution in [0.4, 0.5) is 8.78 Å². The molecule has 1 aromatic rings. The molecule has 2 N–H and O–H groups in total. The van der Waals surface area contributed by atoms with E-state index in [1.807, 2.05) is 14.1 Å². The van der Waals surface area contributed by atoms with Gasteiger partial charge in [-0.15, -0.1) is 0 Å². The van der Waals surface area contributed by atoms with Crippen LogP contribution in [0.3, 0.4) is 0 Å². The van der Waals surface area contributed by atoms with Gasteiger partial charge >= 0.3 is 0 Å². The molecular weight excluding hydrogens is 340 g/mol. The number of halogens is 2. The summed E-state index contributed by atoms with van der Waals surface area (Å²) in [4.78, 5) is 26.2. The minimum Gasteiger partial charge on any atom is -0.353 e. The summed E-state index contributed by atoms with van der Waals surface area (Å²) in [5.74, 6) is -2.78. The van der Waals surface area contributed by atoms with Crippen LogP contribution in [0.5, 0.6) is 0 Å². The van der Waals surface area contributed by atoms with Gasteiger partial charge in [-0.05, 0) is 39.1 Å². The average Bonchev–Trinajstić information content (AvgIpc) is 2.84. The summed E-state index contributed by atoms with van der Waals surface area (Å²) in [7, 11) is 4.05. The van der Waals surface area contributed by atoms with Gasteiger partial charge in [0.1, 0.15) is 11.6 Å². The second-order valence-corrected chi connectivity index (χ2v) is 7.12. The summed E-state index contributed by atoms with van der Waals surface area (Å²) in [6.45, 7) is 0.263. The maximum absolute atomic E-state index is 13.6. The lowest BCUT2D eigenvalue weighted by molar-refractivity contribution is -0.120. The second-order valence-electron chi connectivity index (χ2n) is 7.12. The molecule has 2 rings (SSSR count). The number of amides is 2. The highest BCUT2D eigenvalue weighted by Gasteiger charge is 2.33. The van der Waals surface area contributed by atoms with Crippen molar-refractivity contribution in [2.24, 2.45) is 0 Å². The van der Waals surface area contributed by atoms with Crippen molar-refractivity contribution in [3.8, 4) is 0 Å². The molecular formula is C19H27F2N3O2. The molecule has 0 aromatic heterocycles. The number of benzene rings is 1. The van der Waals surface area contributed by atoms with E-state index in [0.29, 0.717) is 12.6 Å². The van der Waals surface area contributed by atoms with Gasteiger partial charge in [-0.25, -0.2) is 8.78 Å². The quantitative estimate of drug-likeness (QED) is 0.760. The predicted octanol–water partition coefficient (Wildman–Crippen LogP) is 2.47. The largest absolute Gasteiger partial charge is 0.353 e. The zero-order valence-electron chi connectivity index (χ0n) is 15.4. The Morgan fingerprint density at radius 2 is 1.73 bits per heavy atom. The van der Waals surface area contributed by atoms with Gasteiger partial charge in [0.15, 0.2) is 0 Å². The van der Waals surface area contributed by atoms with Crippen LogP contribution in [-0.2, 0) is 4.79 Å². The minimum absolute atomic E-state index is 0.0702. The molecule has 0 unspecified atom stereocenters. The van der Waals surface area contributed by atoms with E-state index in [9.17, 15) is 18.4 Å². The zero-order valence-corrected chi connectivity index (χ0v) is 15.4. The maximum Gasteiger partial charge on any atom is 0.254 e. The van der Waals surface area contributed by atoms with Gasteiger partial charge in [0.2, 0.25) is 5.91 Å². The molecule has 144 valence electrons. The van der Waals surface area contributed by atoms with Gasteiger partial charge in [0.05, 0.1) is 12.1 Å². The highest BCUT2D eigenvalue weighted by atomic mass is 19.1. The predicted molar refractivity (Wildman–Crippen MR) is 95.8 cm³/mol. The molecule has 2 amide bonds. The molecule has 0 aliphatic heterocycles. The Labute approximate surface area is 153 Å². The number of nitrogens with zero attached hydrogens (tertiary/aromatic N) is 1. The number of rotatable bonds is 6. The van der Waals surface area contributed by atoms with E-state index in [-0.39, 0.29) is 23.6 Å². The summed E-state index contributed by atoms with van der Waals surface area (Å²) >= 11 is 0. The van der Waals surface area contributed by atoms with E-state index in [2.05, 4.69) is 15.5 Å². The van der Waals surface area contributed by atoms with Crippen LogP contribution in [0, 0.1) is 11.6 Å². The van der Waals surface area contributed by atoms with E-state index in [4.69, 9.17) is 0 Å². The molecule has 5 nitrogen and oxygen atoms in total. The number of likely N-dealkylation sites (N-methyl/N-ethyl adjacent to an activating group) is 1. The topological polar surface area (TPSA) is 61.4 Å². The molecule has 1 aromatic carbocycles. The average molecular weight is 367 g/mol. The molecule has 0 radical (unpaired) electrons. The third-order valence-electron chi connectivity index (χ3n) is 5.18. The van der Waals surface area contributed by atoms with E-state index >= 15 is 0 Å². The normalized spacial score (nSPS) is 16.8. The number of nitrogens with one attached hydrogen (secondary N) is 2. The molecule has 0 saturated heterocycles. The molecule has 0 spiro atoms. The molecule has 1 fully saturated rings. The Hall–Kier alpha value is -2.02. The SMILES string of the molecule is CN(C)C1(CNC(=O)CNC(=O)c2ccc(F)cc2F)CCCCCC1. The molecule has 1 aliphatic carbocycles. The third kappa shape index (κ3) is 5.24. The zero-order chi connectivity index (χ0) is 19.2. The van der Waals surface area contributed by atoms with Gasteiger partial charge in [0.25, 0.3) is 5.91 Å². The summed E-state index contributed by atoms with van der Waals surface area (Å²) in [6.07, 6.45) is 6.73. The van der Waals surface area contributed by atoms with Crippen molar-refractivity contribution in [3.05, 3.63) is 35.4 Å². The monoisotopic (exact) mass is 367 g/mol. The van der Waals surface area contributed by atoms with Crippen molar-refractivity contribution in [1.82, 2.24) is 15.5 Å². The van der Waals surface area contributed by atoms with Crippen molar-refractivity contribution in [1.29, 1.82) is 0 Å². The smallest absolute Gasteiger partial charge is 0.254 e. The first-order chi connectivity index (χ1) is 12.3. The van der Waals surface area contributed by atoms with Gasteiger partial charge in [-0.1, -0.05) is 25.7 Å². The van der Waals surface area contributed by atoms with Crippen molar-refractivity contribution in [2.75, 3.05) is 27.2 Å². The molecule has 1 aliphatic rings. The van der Waals surface area contributed by atoms with Crippen LogP contribution in [0.2, 0.25) is 0 Å². The molecule has 7 heteroatoms. The Morgan fingerprint density at radius 1 is 1.08 bits per heavy atom. The Kier molecular flexibility index (Phi) is 7.08. The fourth-order valence-corrected chi connectivity index (χ4v) is 3.42. The van der Waals surface area contributed by atoms with Crippen LogP contribution < -0.4 is 10.6 Å². The third-order valence-corrected chi connectivity index (χ3v) is 5.18. The van der Waals surface area contributed by atoms with Crippen molar-refractivity contribution >= 4 is 11.8 Å². The van der Waals surface area contributed by atoms with E-state index in [1.54, 1.807) is 0 Å². The van der Waals surface area contributed by atoms with Crippen LogP contribution in [0.15, 0.2) is 18.2 Å². The highest BCUT2D eigenvalue weighted by Crippen LogP contribution is 2.30. The summed E-state index contributed by atoms with van der Waals surface area (Å²) in [6, 6.07) is 2.71. The first-order valence-electron chi connectivity index (χ1n) is 9.01. The van der Waals surface area contributed by atoms with Gasteiger partial charge in [0, 0.05) is 18.2 Å². The number of carbonyl (C=O) groups excluding carboxylic acids is 2. The maximum atomic E-state index is 13.6. The van der Waals surface area contributed by atoms with Crippen molar-refractivity contribution < 1.29 is 18.4 Å². The first kappa shape index (κ1) is 20.3. The van der Waals surface area contributed by atoms with E-state index in [1.165, 1.54) is 12.8 Å². The summed E-state index contributed by atoms with van der Waals surface area (Å²) < 4.78 is 26.5. The minimum atomic E-state index is -0.951. The molecule has 0 bridgehead atoms. The second kappa shape index (κ2) is 9.07. The first-order valence-corrected chi connectivity index (χ1v) is 9.01. The van der Waals surface area contributed by atoms with Gasteiger partial charge < -0.3 is 15.5 Å². The fraction of sp³-hybridized carbons (Fsp3) is 0.579. The highest BCUT2D eigenvalue weighted by molar-refractivity contribution is 5.96. The summed E-state index contributed by atoms with van der Waals surface area (Å²) in [5.41, 5.74) is -0.355. The number of hydrogen-bond acceptors (Lipinski definition) is 3. The molecule has 26 heavy (non-hydrogen) atoms. The van der Waals surface area contributed by atoms with Gasteiger partial charge in [-0.2, -0.15) is 0 Å². The van der Waals surface area contributed by atoms with E-state index < -0.39 is 17.5 Å². The number of hydrogen-bond donors (Lipinski definition) is 2. The standard InChI is InChI=1S/C19H27F2N3O2/c1-24(2)19(9-5-3-4-6-10-19)13-23-17(25)12-22-18(26)15-8-7-14(20)11-16(15)21/h7-8,11H,3-6,9-10,12-13H2,1-2H3,(H,22,26)(H,23,25). The van der Waals surface area contributed by atoms with Crippen LogP contribution in [0.25, 0.3) is 0 Å². The van der Waals surface area contributed by atoms with Crippen LogP contribution in [-0.4, -0.2) is 49.4 Å². The lowest BCUT2D eigenvalue weighted by Crippen LogP contribution is -2.53. The van der Waals surface area contributed by atoms with E-state index in [0.717, 1.165) is 37.8 Å². The lowest BCUT2D eigenvalue weighted by atomic mass is 9.88. The molecule has 0 atom stereocenters. The fourth-order valence-electron chi connectivity index (χ4n) is 3.42. The molecule has 0 heterocycles. The molecule has 1 saturated carbocycles. The Morgan fingerprint density at radius 3 is 2.31 bits per heavy atom. The summed E-state index contributed by atoms with van der Waals surface area (Å²) in [5, 5.41) is 5.26. The van der Waals surface area contributed by atoms with Crippen LogP contribution in [0.1, 0.15) is 48.9 Å². The van der Waals surface area contributed by atoms with Crippen molar-refractivity contribution in [3.63, 3.8) is 0 Å². The van der Waals surface area contributed by atoms with Gasteiger partial charge in [-0.3, -0.25) is 9.59 Å². The number of carbonyl (C=O) groups is 2. The van der Waals surface area contributed by atoms with Crippen LogP contribution >= 0.6 is 0 Å². The Balaban J connectivity index is 1.86. The Bertz CT molecular complexity index is 642. The van der Waals surface area contributed by atoms with Crippen molar-refractivity contribution in [2.45, 2.75) is 44.1 Å².